The van der Waals surface area contributed by atoms with Crippen LogP contribution in [0, 0.1) is 5.92 Å². The normalized spacial score (nSPS) is 15.4. The van der Waals surface area contributed by atoms with E-state index in [4.69, 9.17) is 0 Å². The van der Waals surface area contributed by atoms with Gasteiger partial charge in [-0.25, -0.2) is 0 Å². The largest absolute Gasteiger partial charge is 0.347 e. The third-order valence-electron chi connectivity index (χ3n) is 5.40. The number of hydrogen-bond donors (Lipinski definition) is 2. The first kappa shape index (κ1) is 19.2. The van der Waals surface area contributed by atoms with Crippen molar-refractivity contribution < 1.29 is 14.4 Å². The summed E-state index contributed by atoms with van der Waals surface area (Å²) in [5.74, 6) is -1.04. The van der Waals surface area contributed by atoms with Gasteiger partial charge >= 0.3 is 11.8 Å². The molecule has 6 heteroatoms. The Kier molecular flexibility index (Phi) is 5.60. The van der Waals surface area contributed by atoms with Gasteiger partial charge in [0.2, 0.25) is 5.91 Å². The van der Waals surface area contributed by atoms with Gasteiger partial charge in [-0.3, -0.25) is 14.4 Å². The minimum absolute atomic E-state index is 0.148. The molecule has 2 aromatic rings. The van der Waals surface area contributed by atoms with Crippen molar-refractivity contribution in [2.24, 2.45) is 5.92 Å². The third kappa shape index (κ3) is 4.65. The van der Waals surface area contributed by atoms with Gasteiger partial charge in [0.05, 0.1) is 0 Å². The summed E-state index contributed by atoms with van der Waals surface area (Å²) in [6.45, 7) is 1.10. The number of fused-ring (bicyclic) bond motifs is 1. The fourth-order valence-corrected chi connectivity index (χ4v) is 3.67. The zero-order valence-corrected chi connectivity index (χ0v) is 16.3. The molecule has 1 fully saturated rings. The molecule has 1 aliphatic heterocycles. The fraction of sp³-hybridized carbons (Fsp3) is 0.348. The molecule has 6 nitrogen and oxygen atoms in total. The van der Waals surface area contributed by atoms with Crippen molar-refractivity contribution in [1.82, 2.24) is 5.32 Å². The average Bonchev–Trinajstić information content (AvgIpc) is 3.59. The van der Waals surface area contributed by atoms with Gasteiger partial charge in [-0.1, -0.05) is 36.4 Å². The molecule has 4 rings (SSSR count). The number of aryl methyl sites for hydroxylation is 1. The van der Waals surface area contributed by atoms with Crippen LogP contribution in [0.5, 0.6) is 0 Å². The summed E-state index contributed by atoms with van der Waals surface area (Å²) in [4.78, 5) is 38.8. The first-order valence-corrected chi connectivity index (χ1v) is 10.2. The molecule has 1 saturated carbocycles. The molecule has 2 aliphatic rings. The average molecular weight is 391 g/mol. The molecule has 2 N–H and O–H groups in total. The fourth-order valence-electron chi connectivity index (χ4n) is 3.67. The summed E-state index contributed by atoms with van der Waals surface area (Å²) < 4.78 is 0. The highest BCUT2D eigenvalue weighted by molar-refractivity contribution is 6.39. The third-order valence-corrected chi connectivity index (χ3v) is 5.40. The van der Waals surface area contributed by atoms with Gasteiger partial charge < -0.3 is 15.5 Å². The zero-order valence-electron chi connectivity index (χ0n) is 16.3. The van der Waals surface area contributed by atoms with Crippen LogP contribution in [0.3, 0.4) is 0 Å². The van der Waals surface area contributed by atoms with Crippen molar-refractivity contribution in [3.63, 3.8) is 0 Å². The van der Waals surface area contributed by atoms with Crippen LogP contribution in [0.25, 0.3) is 0 Å². The Balaban J connectivity index is 1.36. The standard InChI is InChI=1S/C23H25N3O3/c27-21(24-13-12-16-5-2-1-3-6-16)22(28)25-19-11-10-17-7-4-14-26(20(17)15-19)23(29)18-8-9-18/h1-3,5-6,10-11,15,18H,4,7-9,12-14H2,(H,24,27)(H,25,28). The summed E-state index contributed by atoms with van der Waals surface area (Å²) in [5, 5.41) is 5.30. The Hall–Kier alpha value is -3.15. The Bertz CT molecular complexity index is 922. The number of carbonyl (C=O) groups is 3. The molecule has 1 aliphatic carbocycles. The Morgan fingerprint density at radius 3 is 2.55 bits per heavy atom. The van der Waals surface area contributed by atoms with E-state index in [2.05, 4.69) is 10.6 Å². The molecular formula is C23H25N3O3. The van der Waals surface area contributed by atoms with E-state index < -0.39 is 11.8 Å². The molecule has 2 aromatic carbocycles. The number of rotatable bonds is 5. The van der Waals surface area contributed by atoms with Gasteiger partial charge in [0.1, 0.15) is 0 Å². The summed E-state index contributed by atoms with van der Waals surface area (Å²) in [5.41, 5.74) is 3.59. The van der Waals surface area contributed by atoms with E-state index in [1.807, 2.05) is 47.4 Å². The lowest BCUT2D eigenvalue weighted by atomic mass is 10.0. The summed E-state index contributed by atoms with van der Waals surface area (Å²) in [6.07, 6.45) is 4.45. The van der Waals surface area contributed by atoms with E-state index in [9.17, 15) is 14.4 Å². The van der Waals surface area contributed by atoms with Crippen molar-refractivity contribution in [3.05, 3.63) is 59.7 Å². The molecular weight excluding hydrogens is 366 g/mol. The molecule has 0 radical (unpaired) electrons. The first-order valence-electron chi connectivity index (χ1n) is 10.2. The lowest BCUT2D eigenvalue weighted by Crippen LogP contribution is -2.37. The van der Waals surface area contributed by atoms with Gasteiger partial charge in [0.25, 0.3) is 0 Å². The molecule has 0 aromatic heterocycles. The highest BCUT2D eigenvalue weighted by Crippen LogP contribution is 2.36. The number of hydrogen-bond acceptors (Lipinski definition) is 3. The van der Waals surface area contributed by atoms with Crippen LogP contribution in [0.15, 0.2) is 48.5 Å². The molecule has 150 valence electrons. The van der Waals surface area contributed by atoms with Gasteiger partial charge in [0.15, 0.2) is 0 Å². The molecule has 0 unspecified atom stereocenters. The summed E-state index contributed by atoms with van der Waals surface area (Å²) >= 11 is 0. The van der Waals surface area contributed by atoms with E-state index in [1.54, 1.807) is 6.07 Å². The maximum absolute atomic E-state index is 12.6. The van der Waals surface area contributed by atoms with Crippen molar-refractivity contribution in [3.8, 4) is 0 Å². The highest BCUT2D eigenvalue weighted by Gasteiger charge is 2.35. The van der Waals surface area contributed by atoms with Crippen LogP contribution < -0.4 is 15.5 Å². The minimum Gasteiger partial charge on any atom is -0.347 e. The Labute approximate surface area is 170 Å². The maximum atomic E-state index is 12.6. The molecule has 3 amide bonds. The quantitative estimate of drug-likeness (QED) is 0.769. The van der Waals surface area contributed by atoms with Crippen LogP contribution in [-0.2, 0) is 27.2 Å². The predicted octanol–water partition coefficient (Wildman–Crippen LogP) is 2.67. The second-order valence-electron chi connectivity index (χ2n) is 7.66. The number of nitrogens with one attached hydrogen (secondary N) is 2. The predicted molar refractivity (Wildman–Crippen MR) is 112 cm³/mol. The van der Waals surface area contributed by atoms with Crippen LogP contribution in [0.1, 0.15) is 30.4 Å². The van der Waals surface area contributed by atoms with Gasteiger partial charge in [0, 0.05) is 30.4 Å². The van der Waals surface area contributed by atoms with Crippen LogP contribution in [-0.4, -0.2) is 30.8 Å². The number of anilines is 2. The Morgan fingerprint density at radius 1 is 1.00 bits per heavy atom. The SMILES string of the molecule is O=C(NCCc1ccccc1)C(=O)Nc1ccc2c(c1)N(C(=O)C1CC1)CCC2. The second kappa shape index (κ2) is 8.47. The van der Waals surface area contributed by atoms with Crippen LogP contribution >= 0.6 is 0 Å². The van der Waals surface area contributed by atoms with Crippen LogP contribution in [0.4, 0.5) is 11.4 Å². The van der Waals surface area contributed by atoms with E-state index in [0.29, 0.717) is 25.2 Å². The van der Waals surface area contributed by atoms with Gasteiger partial charge in [-0.05, 0) is 55.4 Å². The summed E-state index contributed by atoms with van der Waals surface area (Å²) in [7, 11) is 0. The monoisotopic (exact) mass is 391 g/mol. The Morgan fingerprint density at radius 2 is 1.79 bits per heavy atom. The second-order valence-corrected chi connectivity index (χ2v) is 7.66. The van der Waals surface area contributed by atoms with Crippen molar-refractivity contribution >= 4 is 29.1 Å². The lowest BCUT2D eigenvalue weighted by Gasteiger charge is -2.30. The molecule has 0 bridgehead atoms. The number of benzene rings is 2. The number of nitrogens with zero attached hydrogens (tertiary/aromatic N) is 1. The smallest absolute Gasteiger partial charge is 0.313 e. The molecule has 29 heavy (non-hydrogen) atoms. The lowest BCUT2D eigenvalue weighted by molar-refractivity contribution is -0.136. The molecule has 1 heterocycles. The van der Waals surface area contributed by atoms with Crippen LogP contribution in [0.2, 0.25) is 0 Å². The maximum Gasteiger partial charge on any atom is 0.313 e. The number of amides is 3. The topological polar surface area (TPSA) is 78.5 Å². The van der Waals surface area contributed by atoms with E-state index in [1.165, 1.54) is 0 Å². The zero-order chi connectivity index (χ0) is 20.2. The molecule has 0 atom stereocenters. The van der Waals surface area contributed by atoms with E-state index in [-0.39, 0.29) is 11.8 Å². The van der Waals surface area contributed by atoms with Gasteiger partial charge in [-0.2, -0.15) is 0 Å². The minimum atomic E-state index is -0.700. The highest BCUT2D eigenvalue weighted by atomic mass is 16.2. The van der Waals surface area contributed by atoms with Crippen molar-refractivity contribution in [2.45, 2.75) is 32.1 Å². The summed E-state index contributed by atoms with van der Waals surface area (Å²) in [6, 6.07) is 15.3. The number of carbonyl (C=O) groups excluding carboxylic acids is 3. The van der Waals surface area contributed by atoms with Crippen molar-refractivity contribution in [2.75, 3.05) is 23.3 Å². The van der Waals surface area contributed by atoms with Gasteiger partial charge in [-0.15, -0.1) is 0 Å². The molecule has 0 spiro atoms. The van der Waals surface area contributed by atoms with E-state index >= 15 is 0 Å². The molecule has 0 saturated heterocycles. The first-order chi connectivity index (χ1) is 14.1. The van der Waals surface area contributed by atoms with E-state index in [0.717, 1.165) is 42.5 Å². The van der Waals surface area contributed by atoms with Crippen molar-refractivity contribution in [1.29, 1.82) is 0 Å².